The molecule has 0 aliphatic heterocycles. The van der Waals surface area contributed by atoms with Crippen LogP contribution in [0.2, 0.25) is 0 Å². The van der Waals surface area contributed by atoms with E-state index in [1.165, 1.54) is 0 Å². The fourth-order valence-electron chi connectivity index (χ4n) is 0.196. The van der Waals surface area contributed by atoms with Crippen LogP contribution < -0.4 is 5.73 Å². The summed E-state index contributed by atoms with van der Waals surface area (Å²) in [5.41, 5.74) is 4.60. The molecule has 0 aromatic heterocycles. The van der Waals surface area contributed by atoms with E-state index in [4.69, 9.17) is 5.11 Å². The number of hydrogen-bond acceptors (Lipinski definition) is 3. The molecule has 5 heteroatoms. The molecular formula is C4H5NO3S. The maximum absolute atomic E-state index is 9.95. The molecule has 0 aromatic rings. The Kier molecular flexibility index (Phi) is 2.80. The predicted molar refractivity (Wildman–Crippen MR) is 33.9 cm³/mol. The van der Waals surface area contributed by atoms with Crippen LogP contribution in [0.15, 0.2) is 11.0 Å². The molecule has 0 saturated heterocycles. The van der Waals surface area contributed by atoms with Crippen molar-refractivity contribution in [1.29, 1.82) is 0 Å². The Balaban J connectivity index is 4.17. The molecular weight excluding hydrogens is 142 g/mol. The molecule has 50 valence electrons. The lowest BCUT2D eigenvalue weighted by atomic mass is 10.5. The number of thiol groups is 1. The zero-order valence-electron chi connectivity index (χ0n) is 4.37. The number of carboxylic acids is 1. The van der Waals surface area contributed by atoms with Crippen LogP contribution in [-0.2, 0) is 9.59 Å². The van der Waals surface area contributed by atoms with E-state index in [0.717, 1.165) is 6.08 Å². The van der Waals surface area contributed by atoms with E-state index in [0.29, 0.717) is 0 Å². The lowest BCUT2D eigenvalue weighted by Gasteiger charge is -1.86. The highest BCUT2D eigenvalue weighted by atomic mass is 32.1. The third-order valence-corrected chi connectivity index (χ3v) is 0.818. The van der Waals surface area contributed by atoms with E-state index in [2.05, 4.69) is 18.4 Å². The van der Waals surface area contributed by atoms with Gasteiger partial charge in [0.2, 0.25) is 5.91 Å². The number of carbonyl (C=O) groups excluding carboxylic acids is 1. The van der Waals surface area contributed by atoms with Gasteiger partial charge in [-0.3, -0.25) is 4.79 Å². The molecule has 0 bridgehead atoms. The fourth-order valence-corrected chi connectivity index (χ4v) is 0.324. The summed E-state index contributed by atoms with van der Waals surface area (Å²) < 4.78 is 0. The number of aliphatic carboxylic acids is 1. The molecule has 0 atom stereocenters. The van der Waals surface area contributed by atoms with Crippen LogP contribution >= 0.6 is 12.6 Å². The number of carboxylic acid groups (broad SMARTS) is 1. The van der Waals surface area contributed by atoms with Gasteiger partial charge in [-0.2, -0.15) is 0 Å². The molecule has 0 unspecified atom stereocenters. The molecule has 0 aromatic carbocycles. The van der Waals surface area contributed by atoms with Crippen molar-refractivity contribution >= 4 is 24.5 Å². The molecule has 0 heterocycles. The van der Waals surface area contributed by atoms with Gasteiger partial charge in [-0.25, -0.2) is 4.79 Å². The summed E-state index contributed by atoms with van der Waals surface area (Å²) in [6, 6.07) is 0. The number of rotatable bonds is 2. The second-order valence-electron chi connectivity index (χ2n) is 1.24. The van der Waals surface area contributed by atoms with E-state index >= 15 is 0 Å². The SMILES string of the molecule is NC(=O)/C=C(/S)C(=O)O. The highest BCUT2D eigenvalue weighted by molar-refractivity contribution is 7.85. The van der Waals surface area contributed by atoms with Crippen molar-refractivity contribution in [3.05, 3.63) is 11.0 Å². The Labute approximate surface area is 56.8 Å². The second-order valence-corrected chi connectivity index (χ2v) is 1.72. The summed E-state index contributed by atoms with van der Waals surface area (Å²) in [7, 11) is 0. The minimum Gasteiger partial charge on any atom is -0.477 e. The van der Waals surface area contributed by atoms with Gasteiger partial charge in [0, 0.05) is 6.08 Å². The molecule has 0 rings (SSSR count). The summed E-state index contributed by atoms with van der Waals surface area (Å²) in [5, 5.41) is 8.08. The minimum atomic E-state index is -1.27. The average molecular weight is 147 g/mol. The van der Waals surface area contributed by atoms with Crippen molar-refractivity contribution in [3.8, 4) is 0 Å². The first-order valence-corrected chi connectivity index (χ1v) is 2.42. The van der Waals surface area contributed by atoms with Crippen molar-refractivity contribution < 1.29 is 14.7 Å². The molecule has 4 nitrogen and oxygen atoms in total. The normalized spacial score (nSPS) is 11.0. The van der Waals surface area contributed by atoms with E-state index in [-0.39, 0.29) is 4.91 Å². The van der Waals surface area contributed by atoms with E-state index < -0.39 is 11.9 Å². The van der Waals surface area contributed by atoms with Gasteiger partial charge in [0.05, 0.1) is 4.91 Å². The number of amides is 1. The Morgan fingerprint density at radius 2 is 2.00 bits per heavy atom. The zero-order valence-corrected chi connectivity index (χ0v) is 5.26. The van der Waals surface area contributed by atoms with Crippen molar-refractivity contribution in [1.82, 2.24) is 0 Å². The van der Waals surface area contributed by atoms with Gasteiger partial charge in [-0.15, -0.1) is 12.6 Å². The third kappa shape index (κ3) is 3.60. The molecule has 0 aliphatic carbocycles. The van der Waals surface area contributed by atoms with Gasteiger partial charge < -0.3 is 10.8 Å². The highest BCUT2D eigenvalue weighted by Gasteiger charge is 2.00. The summed E-state index contributed by atoms with van der Waals surface area (Å²) >= 11 is 3.43. The van der Waals surface area contributed by atoms with E-state index in [9.17, 15) is 9.59 Å². The molecule has 0 saturated carbocycles. The smallest absolute Gasteiger partial charge is 0.342 e. The standard InChI is InChI=1S/C4H5NO3S/c5-3(6)1-2(9)4(7)8/h1,9H,(H2,5,6)(H,7,8)/b2-1+. The van der Waals surface area contributed by atoms with Crippen molar-refractivity contribution in [3.63, 3.8) is 0 Å². The first-order valence-electron chi connectivity index (χ1n) is 1.97. The number of primary amides is 1. The van der Waals surface area contributed by atoms with Crippen LogP contribution in [0.1, 0.15) is 0 Å². The van der Waals surface area contributed by atoms with Crippen LogP contribution in [0.4, 0.5) is 0 Å². The maximum Gasteiger partial charge on any atom is 0.342 e. The molecule has 1 amide bonds. The maximum atomic E-state index is 9.95. The fraction of sp³-hybridized carbons (Fsp3) is 0. The number of hydrogen-bond donors (Lipinski definition) is 3. The predicted octanol–water partition coefficient (Wildman–Crippen LogP) is -0.630. The second kappa shape index (κ2) is 3.13. The van der Waals surface area contributed by atoms with Gasteiger partial charge >= 0.3 is 5.97 Å². The third-order valence-electron chi connectivity index (χ3n) is 0.498. The minimum absolute atomic E-state index is 0.359. The molecule has 0 spiro atoms. The Morgan fingerprint density at radius 1 is 1.56 bits per heavy atom. The van der Waals surface area contributed by atoms with Crippen LogP contribution in [0.25, 0.3) is 0 Å². The van der Waals surface area contributed by atoms with E-state index in [1.54, 1.807) is 0 Å². The van der Waals surface area contributed by atoms with Gasteiger partial charge in [-0.1, -0.05) is 0 Å². The quantitative estimate of drug-likeness (QED) is 0.359. The molecule has 0 fully saturated rings. The molecule has 0 aliphatic rings. The summed E-state index contributed by atoms with van der Waals surface area (Å²) in [4.78, 5) is 19.5. The Bertz CT molecular complexity index is 175. The van der Waals surface area contributed by atoms with Crippen molar-refractivity contribution in [2.45, 2.75) is 0 Å². The van der Waals surface area contributed by atoms with Crippen molar-refractivity contribution in [2.75, 3.05) is 0 Å². The van der Waals surface area contributed by atoms with Crippen LogP contribution in [0.5, 0.6) is 0 Å². The van der Waals surface area contributed by atoms with E-state index in [1.807, 2.05) is 0 Å². The van der Waals surface area contributed by atoms with Crippen LogP contribution in [-0.4, -0.2) is 17.0 Å². The Hall–Kier alpha value is -0.970. The zero-order chi connectivity index (χ0) is 7.44. The topological polar surface area (TPSA) is 80.4 Å². The summed E-state index contributed by atoms with van der Waals surface area (Å²) in [5.74, 6) is -2.08. The van der Waals surface area contributed by atoms with Gasteiger partial charge in [0.15, 0.2) is 0 Å². The molecule has 9 heavy (non-hydrogen) atoms. The average Bonchev–Trinajstić information content (AvgIpc) is 1.63. The Morgan fingerprint density at radius 3 is 2.11 bits per heavy atom. The lowest BCUT2D eigenvalue weighted by Crippen LogP contribution is -2.08. The summed E-state index contributed by atoms with van der Waals surface area (Å²) in [6.07, 6.45) is 0.728. The largest absolute Gasteiger partial charge is 0.477 e. The highest BCUT2D eigenvalue weighted by Crippen LogP contribution is 1.97. The van der Waals surface area contributed by atoms with Crippen LogP contribution in [0, 0.1) is 0 Å². The first kappa shape index (κ1) is 8.03. The summed E-state index contributed by atoms with van der Waals surface area (Å²) in [6.45, 7) is 0. The monoisotopic (exact) mass is 147 g/mol. The molecule has 3 N–H and O–H groups in total. The first-order chi connectivity index (χ1) is 4.04. The van der Waals surface area contributed by atoms with Gasteiger partial charge in [0.1, 0.15) is 0 Å². The number of carbonyl (C=O) groups is 2. The van der Waals surface area contributed by atoms with Gasteiger partial charge in [-0.05, 0) is 0 Å². The van der Waals surface area contributed by atoms with Gasteiger partial charge in [0.25, 0.3) is 0 Å². The lowest BCUT2D eigenvalue weighted by molar-refractivity contribution is -0.132. The molecule has 0 radical (unpaired) electrons. The number of nitrogens with two attached hydrogens (primary N) is 1. The van der Waals surface area contributed by atoms with Crippen LogP contribution in [0.3, 0.4) is 0 Å². The van der Waals surface area contributed by atoms with Crippen molar-refractivity contribution in [2.24, 2.45) is 5.73 Å².